The van der Waals surface area contributed by atoms with Crippen molar-refractivity contribution >= 4 is 0 Å². The van der Waals surface area contributed by atoms with Gasteiger partial charge in [-0.15, -0.1) is 0 Å². The number of ether oxygens (including phenoxy) is 2. The van der Waals surface area contributed by atoms with Crippen LogP contribution in [-0.2, 0) is 6.61 Å². The van der Waals surface area contributed by atoms with Gasteiger partial charge in [0.25, 0.3) is 0 Å². The molecule has 0 fully saturated rings. The van der Waals surface area contributed by atoms with Crippen molar-refractivity contribution in [1.82, 2.24) is 0 Å². The van der Waals surface area contributed by atoms with E-state index in [-0.39, 0.29) is 18.2 Å². The minimum atomic E-state index is -0.899. The number of rotatable bonds is 5. The van der Waals surface area contributed by atoms with Gasteiger partial charge in [0.05, 0.1) is 7.11 Å². The molecule has 112 valence electrons. The van der Waals surface area contributed by atoms with E-state index in [4.69, 9.17) is 15.2 Å². The second kappa shape index (κ2) is 6.54. The molecule has 0 heterocycles. The maximum Gasteiger partial charge on any atom is 0.165 e. The van der Waals surface area contributed by atoms with Gasteiger partial charge >= 0.3 is 0 Å². The van der Waals surface area contributed by atoms with Crippen molar-refractivity contribution in [2.75, 3.05) is 7.11 Å². The molecule has 0 unspecified atom stereocenters. The van der Waals surface area contributed by atoms with Gasteiger partial charge < -0.3 is 15.2 Å². The maximum absolute atomic E-state index is 13.6. The highest BCUT2D eigenvalue weighted by Gasteiger charge is 2.11. The van der Waals surface area contributed by atoms with E-state index in [2.05, 4.69) is 0 Å². The van der Waals surface area contributed by atoms with E-state index in [9.17, 15) is 8.78 Å². The van der Waals surface area contributed by atoms with Crippen molar-refractivity contribution in [2.45, 2.75) is 19.6 Å². The quantitative estimate of drug-likeness (QED) is 0.916. The third-order valence-electron chi connectivity index (χ3n) is 3.13. The minimum Gasteiger partial charge on any atom is -0.493 e. The summed E-state index contributed by atoms with van der Waals surface area (Å²) in [5.74, 6) is -0.841. The first-order valence-electron chi connectivity index (χ1n) is 6.52. The molecule has 3 nitrogen and oxygen atoms in total. The van der Waals surface area contributed by atoms with Crippen LogP contribution in [0.4, 0.5) is 8.78 Å². The predicted octanol–water partition coefficient (Wildman–Crippen LogP) is 3.57. The standard InChI is InChI=1S/C16H17F2NO2/c1-10(19)11-6-7-14(15(8-11)20-2)21-9-12-4-3-5-13(17)16(12)18/h3-8,10H,9,19H2,1-2H3/t10-/m1/s1. The van der Waals surface area contributed by atoms with Gasteiger partial charge in [0.2, 0.25) is 0 Å². The Morgan fingerprint density at radius 3 is 2.57 bits per heavy atom. The van der Waals surface area contributed by atoms with Crippen LogP contribution in [0.2, 0.25) is 0 Å². The van der Waals surface area contributed by atoms with Crippen molar-refractivity contribution in [3.63, 3.8) is 0 Å². The highest BCUT2D eigenvalue weighted by molar-refractivity contribution is 5.43. The van der Waals surface area contributed by atoms with Gasteiger partial charge in [0, 0.05) is 11.6 Å². The van der Waals surface area contributed by atoms with Gasteiger partial charge in [0.1, 0.15) is 6.61 Å². The van der Waals surface area contributed by atoms with Gasteiger partial charge in [-0.2, -0.15) is 0 Å². The molecule has 0 amide bonds. The normalized spacial score (nSPS) is 12.0. The maximum atomic E-state index is 13.6. The smallest absolute Gasteiger partial charge is 0.165 e. The molecule has 5 heteroatoms. The molecule has 2 rings (SSSR count). The molecule has 1 atom stereocenters. The molecule has 0 saturated carbocycles. The summed E-state index contributed by atoms with van der Waals surface area (Å²) < 4.78 is 37.4. The number of halogens is 2. The average Bonchev–Trinajstić information content (AvgIpc) is 2.48. The molecule has 2 aromatic rings. The molecule has 0 bridgehead atoms. The van der Waals surface area contributed by atoms with Crippen LogP contribution in [0, 0.1) is 11.6 Å². The highest BCUT2D eigenvalue weighted by atomic mass is 19.2. The zero-order valence-corrected chi connectivity index (χ0v) is 11.9. The molecule has 0 aromatic heterocycles. The second-order valence-electron chi connectivity index (χ2n) is 4.70. The Morgan fingerprint density at radius 1 is 1.14 bits per heavy atom. The van der Waals surface area contributed by atoms with Crippen LogP contribution < -0.4 is 15.2 Å². The number of methoxy groups -OCH3 is 1. The summed E-state index contributed by atoms with van der Waals surface area (Å²) in [7, 11) is 1.51. The summed E-state index contributed by atoms with van der Waals surface area (Å²) in [6.45, 7) is 1.77. The minimum absolute atomic E-state index is 0.0858. The summed E-state index contributed by atoms with van der Waals surface area (Å²) in [6, 6.07) is 9.13. The van der Waals surface area contributed by atoms with Crippen molar-refractivity contribution in [1.29, 1.82) is 0 Å². The van der Waals surface area contributed by atoms with Gasteiger partial charge in [-0.25, -0.2) is 8.78 Å². The number of benzene rings is 2. The van der Waals surface area contributed by atoms with Crippen LogP contribution in [0.3, 0.4) is 0 Å². The van der Waals surface area contributed by atoms with Gasteiger partial charge in [-0.1, -0.05) is 18.2 Å². The van der Waals surface area contributed by atoms with Crippen molar-refractivity contribution in [3.8, 4) is 11.5 Å². The summed E-state index contributed by atoms with van der Waals surface area (Å²) in [6.07, 6.45) is 0. The van der Waals surface area contributed by atoms with E-state index in [1.807, 2.05) is 13.0 Å². The highest BCUT2D eigenvalue weighted by Crippen LogP contribution is 2.30. The lowest BCUT2D eigenvalue weighted by Gasteiger charge is -2.14. The first kappa shape index (κ1) is 15.3. The molecule has 0 aliphatic carbocycles. The van der Waals surface area contributed by atoms with Gasteiger partial charge in [0.15, 0.2) is 23.1 Å². The van der Waals surface area contributed by atoms with Gasteiger partial charge in [-0.05, 0) is 30.7 Å². The van der Waals surface area contributed by atoms with E-state index in [0.29, 0.717) is 11.5 Å². The molecular formula is C16H17F2NO2. The fourth-order valence-electron chi connectivity index (χ4n) is 1.90. The van der Waals surface area contributed by atoms with E-state index >= 15 is 0 Å². The Morgan fingerprint density at radius 2 is 1.90 bits per heavy atom. The van der Waals surface area contributed by atoms with Crippen LogP contribution in [0.15, 0.2) is 36.4 Å². The third kappa shape index (κ3) is 3.49. The molecule has 0 spiro atoms. The molecule has 0 saturated heterocycles. The molecule has 0 radical (unpaired) electrons. The third-order valence-corrected chi connectivity index (χ3v) is 3.13. The number of hydrogen-bond donors (Lipinski definition) is 1. The van der Waals surface area contributed by atoms with Crippen LogP contribution >= 0.6 is 0 Å². The van der Waals surface area contributed by atoms with Crippen LogP contribution in [0.1, 0.15) is 24.1 Å². The van der Waals surface area contributed by atoms with E-state index in [1.54, 1.807) is 12.1 Å². The number of nitrogens with two attached hydrogens (primary N) is 1. The average molecular weight is 293 g/mol. The largest absolute Gasteiger partial charge is 0.493 e. The van der Waals surface area contributed by atoms with Gasteiger partial charge in [-0.3, -0.25) is 0 Å². The van der Waals surface area contributed by atoms with Crippen molar-refractivity contribution < 1.29 is 18.3 Å². The summed E-state index contributed by atoms with van der Waals surface area (Å²) in [5, 5.41) is 0. The molecular weight excluding hydrogens is 276 g/mol. The Hall–Kier alpha value is -2.14. The molecule has 2 aromatic carbocycles. The van der Waals surface area contributed by atoms with Crippen LogP contribution in [-0.4, -0.2) is 7.11 Å². The first-order chi connectivity index (χ1) is 10.0. The van der Waals surface area contributed by atoms with Crippen molar-refractivity contribution in [2.24, 2.45) is 5.73 Å². The summed E-state index contributed by atoms with van der Waals surface area (Å²) >= 11 is 0. The van der Waals surface area contributed by atoms with E-state index in [0.717, 1.165) is 11.6 Å². The number of hydrogen-bond acceptors (Lipinski definition) is 3. The Kier molecular flexibility index (Phi) is 4.75. The Labute approximate surface area is 122 Å². The lowest BCUT2D eigenvalue weighted by atomic mass is 10.1. The zero-order valence-electron chi connectivity index (χ0n) is 11.9. The fourth-order valence-corrected chi connectivity index (χ4v) is 1.90. The molecule has 21 heavy (non-hydrogen) atoms. The summed E-state index contributed by atoms with van der Waals surface area (Å²) in [4.78, 5) is 0. The predicted molar refractivity (Wildman–Crippen MR) is 76.3 cm³/mol. The first-order valence-corrected chi connectivity index (χ1v) is 6.52. The zero-order chi connectivity index (χ0) is 15.4. The van der Waals surface area contributed by atoms with Crippen LogP contribution in [0.25, 0.3) is 0 Å². The summed E-state index contributed by atoms with van der Waals surface area (Å²) in [5.41, 5.74) is 6.85. The van der Waals surface area contributed by atoms with Crippen molar-refractivity contribution in [3.05, 3.63) is 59.2 Å². The topological polar surface area (TPSA) is 44.5 Å². The lowest BCUT2D eigenvalue weighted by molar-refractivity contribution is 0.277. The Balaban J connectivity index is 2.18. The van der Waals surface area contributed by atoms with E-state index in [1.165, 1.54) is 19.2 Å². The Bertz CT molecular complexity index is 630. The second-order valence-corrected chi connectivity index (χ2v) is 4.70. The van der Waals surface area contributed by atoms with Crippen LogP contribution in [0.5, 0.6) is 11.5 Å². The van der Waals surface area contributed by atoms with E-state index < -0.39 is 11.6 Å². The SMILES string of the molecule is COc1cc([C@@H](C)N)ccc1OCc1cccc(F)c1F. The lowest BCUT2D eigenvalue weighted by Crippen LogP contribution is -2.06. The molecule has 0 aliphatic rings. The molecule has 2 N–H and O–H groups in total. The fraction of sp³-hybridized carbons (Fsp3) is 0.250. The monoisotopic (exact) mass is 293 g/mol. The molecule has 0 aliphatic heterocycles.